The number of methoxy groups -OCH3 is 2. The van der Waals surface area contributed by atoms with Gasteiger partial charge in [-0.05, 0) is 36.6 Å². The SMILES string of the molecule is C=C(C)CNC(=NCC(=O)N(C)C)N1CCc2cc(OC)c(OC)cc2C1.I. The predicted molar refractivity (Wildman–Crippen MR) is 123 cm³/mol. The Morgan fingerprint density at radius 1 is 1.25 bits per heavy atom. The number of rotatable bonds is 6. The summed E-state index contributed by atoms with van der Waals surface area (Å²) in [6.07, 6.45) is 0.866. The number of ether oxygens (including phenoxy) is 2. The van der Waals surface area contributed by atoms with Gasteiger partial charge in [0.25, 0.3) is 0 Å². The van der Waals surface area contributed by atoms with Gasteiger partial charge in [-0.15, -0.1) is 24.0 Å². The number of likely N-dealkylation sites (N-methyl/N-ethyl adjacent to an activating group) is 1. The Morgan fingerprint density at radius 2 is 1.86 bits per heavy atom. The van der Waals surface area contributed by atoms with Crippen LogP contribution in [0.3, 0.4) is 0 Å². The van der Waals surface area contributed by atoms with Gasteiger partial charge in [0.2, 0.25) is 5.91 Å². The minimum Gasteiger partial charge on any atom is -0.493 e. The van der Waals surface area contributed by atoms with Gasteiger partial charge in [0.05, 0.1) is 14.2 Å². The Hall–Kier alpha value is -1.97. The van der Waals surface area contributed by atoms with Crippen molar-refractivity contribution in [2.45, 2.75) is 19.9 Å². The number of guanidine groups is 1. The predicted octanol–water partition coefficient (Wildman–Crippen LogP) is 2.29. The van der Waals surface area contributed by atoms with E-state index in [1.54, 1.807) is 33.2 Å². The van der Waals surface area contributed by atoms with Crippen molar-refractivity contribution in [2.75, 3.05) is 47.9 Å². The first kappa shape index (κ1) is 24.1. The third-order valence-electron chi connectivity index (χ3n) is 4.43. The second-order valence-electron chi connectivity index (χ2n) is 6.89. The molecule has 156 valence electrons. The zero-order valence-corrected chi connectivity index (χ0v) is 19.7. The average molecular weight is 502 g/mol. The van der Waals surface area contributed by atoms with Crippen molar-refractivity contribution < 1.29 is 14.3 Å². The standard InChI is InChI=1S/C20H30N4O3.HI/c1-14(2)11-21-20(22-12-19(25)23(3)4)24-8-7-15-9-17(26-5)18(27-6)10-16(15)13-24;/h9-10H,1,7-8,11-13H2,2-6H3,(H,21,22);1H. The summed E-state index contributed by atoms with van der Waals surface area (Å²) in [6, 6.07) is 4.06. The largest absolute Gasteiger partial charge is 0.493 e. The molecule has 2 rings (SSSR count). The molecule has 1 aromatic carbocycles. The fourth-order valence-electron chi connectivity index (χ4n) is 2.85. The van der Waals surface area contributed by atoms with E-state index in [0.717, 1.165) is 24.3 Å². The molecule has 0 fully saturated rings. The van der Waals surface area contributed by atoms with Crippen LogP contribution < -0.4 is 14.8 Å². The van der Waals surface area contributed by atoms with Gasteiger partial charge in [0.15, 0.2) is 17.5 Å². The van der Waals surface area contributed by atoms with Gasteiger partial charge in [0, 0.05) is 33.7 Å². The molecule has 0 aliphatic carbocycles. The number of amides is 1. The summed E-state index contributed by atoms with van der Waals surface area (Å²) in [5.41, 5.74) is 3.42. The van der Waals surface area contributed by atoms with Crippen LogP contribution in [0, 0.1) is 0 Å². The number of carbonyl (C=O) groups is 1. The average Bonchev–Trinajstić information content (AvgIpc) is 2.65. The molecular formula is C20H31IN4O3. The molecule has 0 unspecified atom stereocenters. The first-order chi connectivity index (χ1) is 12.8. The number of carbonyl (C=O) groups excluding carboxylic acids is 1. The molecule has 0 spiro atoms. The van der Waals surface area contributed by atoms with Gasteiger partial charge < -0.3 is 24.6 Å². The topological polar surface area (TPSA) is 66.4 Å². The number of nitrogens with zero attached hydrogens (tertiary/aromatic N) is 3. The molecule has 0 aromatic heterocycles. The summed E-state index contributed by atoms with van der Waals surface area (Å²) < 4.78 is 10.8. The highest BCUT2D eigenvalue weighted by molar-refractivity contribution is 14.0. The second kappa shape index (κ2) is 11.1. The number of benzene rings is 1. The fourth-order valence-corrected chi connectivity index (χ4v) is 2.85. The molecule has 0 atom stereocenters. The number of fused-ring (bicyclic) bond motifs is 1. The van der Waals surface area contributed by atoms with E-state index >= 15 is 0 Å². The van der Waals surface area contributed by atoms with Gasteiger partial charge >= 0.3 is 0 Å². The molecule has 1 N–H and O–H groups in total. The van der Waals surface area contributed by atoms with Gasteiger partial charge in [-0.2, -0.15) is 0 Å². The molecule has 1 aliphatic rings. The monoisotopic (exact) mass is 502 g/mol. The van der Waals surface area contributed by atoms with E-state index in [4.69, 9.17) is 9.47 Å². The van der Waals surface area contributed by atoms with Crippen LogP contribution in [0.1, 0.15) is 18.1 Å². The van der Waals surface area contributed by atoms with Crippen LogP contribution in [-0.2, 0) is 17.8 Å². The summed E-state index contributed by atoms with van der Waals surface area (Å²) in [4.78, 5) is 20.2. The lowest BCUT2D eigenvalue weighted by Crippen LogP contribution is -2.45. The lowest BCUT2D eigenvalue weighted by molar-refractivity contribution is -0.127. The van der Waals surface area contributed by atoms with Crippen molar-refractivity contribution in [2.24, 2.45) is 4.99 Å². The Kier molecular flexibility index (Phi) is 9.57. The van der Waals surface area contributed by atoms with Crippen LogP contribution in [-0.4, -0.2) is 69.6 Å². The summed E-state index contributed by atoms with van der Waals surface area (Å²) in [6.45, 7) is 8.11. The highest BCUT2D eigenvalue weighted by Crippen LogP contribution is 2.33. The maximum atomic E-state index is 11.9. The fraction of sp³-hybridized carbons (Fsp3) is 0.500. The zero-order valence-electron chi connectivity index (χ0n) is 17.4. The Bertz CT molecular complexity index is 734. The van der Waals surface area contributed by atoms with Crippen molar-refractivity contribution in [1.82, 2.24) is 15.1 Å². The van der Waals surface area contributed by atoms with E-state index in [0.29, 0.717) is 24.8 Å². The van der Waals surface area contributed by atoms with E-state index in [1.165, 1.54) is 11.1 Å². The third-order valence-corrected chi connectivity index (χ3v) is 4.43. The van der Waals surface area contributed by atoms with Gasteiger partial charge in [-0.3, -0.25) is 4.79 Å². The highest BCUT2D eigenvalue weighted by atomic mass is 127. The van der Waals surface area contributed by atoms with E-state index in [9.17, 15) is 4.79 Å². The molecule has 0 bridgehead atoms. The van der Waals surface area contributed by atoms with Crippen molar-refractivity contribution in [3.05, 3.63) is 35.4 Å². The number of hydrogen-bond acceptors (Lipinski definition) is 4. The van der Waals surface area contributed by atoms with Gasteiger partial charge in [-0.1, -0.05) is 12.2 Å². The minimum atomic E-state index is -0.0339. The van der Waals surface area contributed by atoms with Crippen LogP contribution in [0.15, 0.2) is 29.3 Å². The van der Waals surface area contributed by atoms with E-state index in [2.05, 4.69) is 21.8 Å². The molecule has 0 saturated carbocycles. The van der Waals surface area contributed by atoms with E-state index in [1.807, 2.05) is 19.1 Å². The molecule has 1 amide bonds. The molecule has 28 heavy (non-hydrogen) atoms. The van der Waals surface area contributed by atoms with Gasteiger partial charge in [0.1, 0.15) is 6.54 Å². The summed E-state index contributed by atoms with van der Waals surface area (Å²) >= 11 is 0. The highest BCUT2D eigenvalue weighted by Gasteiger charge is 2.22. The Balaban J connectivity index is 0.00000392. The molecule has 8 heteroatoms. The third kappa shape index (κ3) is 6.29. The van der Waals surface area contributed by atoms with E-state index in [-0.39, 0.29) is 36.4 Å². The van der Waals surface area contributed by atoms with Crippen molar-refractivity contribution in [3.63, 3.8) is 0 Å². The Labute approximate surface area is 184 Å². The first-order valence-electron chi connectivity index (χ1n) is 8.97. The molecule has 0 radical (unpaired) electrons. The molecule has 1 heterocycles. The summed E-state index contributed by atoms with van der Waals surface area (Å²) in [7, 11) is 6.75. The van der Waals surface area contributed by atoms with Gasteiger partial charge in [-0.25, -0.2) is 4.99 Å². The minimum absolute atomic E-state index is 0. The smallest absolute Gasteiger partial charge is 0.243 e. The maximum absolute atomic E-state index is 11.9. The number of nitrogens with one attached hydrogen (secondary N) is 1. The van der Waals surface area contributed by atoms with Crippen molar-refractivity contribution in [3.8, 4) is 11.5 Å². The summed E-state index contributed by atoms with van der Waals surface area (Å²) in [5.74, 6) is 2.15. The normalized spacial score (nSPS) is 13.2. The number of aliphatic imine (C=N–C) groups is 1. The molecule has 7 nitrogen and oxygen atoms in total. The molecular weight excluding hydrogens is 471 g/mol. The van der Waals surface area contributed by atoms with E-state index < -0.39 is 0 Å². The zero-order chi connectivity index (χ0) is 20.0. The lowest BCUT2D eigenvalue weighted by Gasteiger charge is -2.32. The van der Waals surface area contributed by atoms with Crippen molar-refractivity contribution in [1.29, 1.82) is 0 Å². The number of hydrogen-bond donors (Lipinski definition) is 1. The number of halogens is 1. The maximum Gasteiger partial charge on any atom is 0.243 e. The lowest BCUT2D eigenvalue weighted by atomic mass is 9.99. The van der Waals surface area contributed by atoms with Crippen LogP contribution >= 0.6 is 24.0 Å². The second-order valence-corrected chi connectivity index (χ2v) is 6.89. The first-order valence-corrected chi connectivity index (χ1v) is 8.97. The van der Waals surface area contributed by atoms with Crippen LogP contribution in [0.4, 0.5) is 0 Å². The molecule has 0 saturated heterocycles. The van der Waals surface area contributed by atoms with Crippen LogP contribution in [0.2, 0.25) is 0 Å². The Morgan fingerprint density at radius 3 is 2.39 bits per heavy atom. The van der Waals surface area contributed by atoms with Crippen LogP contribution in [0.5, 0.6) is 11.5 Å². The molecule has 1 aromatic rings. The quantitative estimate of drug-likeness (QED) is 0.280. The van der Waals surface area contributed by atoms with Crippen molar-refractivity contribution >= 4 is 35.8 Å². The molecule has 1 aliphatic heterocycles. The summed E-state index contributed by atoms with van der Waals surface area (Å²) in [5, 5.41) is 3.31. The van der Waals surface area contributed by atoms with Crippen LogP contribution in [0.25, 0.3) is 0 Å².